The summed E-state index contributed by atoms with van der Waals surface area (Å²) in [6.07, 6.45) is -1.55. The van der Waals surface area contributed by atoms with Gasteiger partial charge in [-0.25, -0.2) is 0 Å². The Hall–Kier alpha value is -5.37. The van der Waals surface area contributed by atoms with Crippen LogP contribution in [0.2, 0.25) is 0 Å². The van der Waals surface area contributed by atoms with E-state index < -0.39 is 58.8 Å². The standard InChI is InChI=1S/5C3H2O4.V/c5*4-1-2(5)3(6)7;/h5*1H,(H,6,7);/q;;;;;+5/p-5. The number of hydrogen-bond donors (Lipinski definition) is 0. The summed E-state index contributed by atoms with van der Waals surface area (Å²) >= 11 is 0. The molecule has 0 bridgehead atoms. The van der Waals surface area contributed by atoms with E-state index in [2.05, 4.69) is 0 Å². The number of aliphatic carboxylic acids is 5. The normalized spacial score (nSPS) is 7.22. The molecule has 20 nitrogen and oxygen atoms in total. The molecule has 0 saturated heterocycles. The number of hydrogen-bond acceptors (Lipinski definition) is 20. The van der Waals surface area contributed by atoms with Crippen molar-refractivity contribution in [1.29, 1.82) is 0 Å². The summed E-state index contributed by atoms with van der Waals surface area (Å²) in [4.78, 5) is 139. The van der Waals surface area contributed by atoms with Crippen molar-refractivity contribution < 1.29 is 116 Å². The van der Waals surface area contributed by atoms with E-state index in [0.29, 0.717) is 0 Å². The predicted octanol–water partition coefficient (Wildman–Crippen LogP) is -12.5. The van der Waals surface area contributed by atoms with Crippen LogP contribution >= 0.6 is 0 Å². The molecule has 0 aromatic heterocycles. The van der Waals surface area contributed by atoms with Gasteiger partial charge in [0, 0.05) is 0 Å². The van der Waals surface area contributed by atoms with Gasteiger partial charge in [-0.2, -0.15) is 0 Å². The van der Waals surface area contributed by atoms with Gasteiger partial charge in [0.1, 0.15) is 29.8 Å². The van der Waals surface area contributed by atoms with Crippen molar-refractivity contribution in [3.63, 3.8) is 0 Å². The Morgan fingerprint density at radius 2 is 0.389 bits per heavy atom. The fourth-order valence-corrected chi connectivity index (χ4v) is 0.241. The zero-order valence-corrected chi connectivity index (χ0v) is 17.9. The van der Waals surface area contributed by atoms with Gasteiger partial charge in [0.2, 0.25) is 28.9 Å². The second-order valence-electron chi connectivity index (χ2n) is 3.85. The number of rotatable bonds is 10. The molecule has 0 aliphatic rings. The maximum atomic E-state index is 9.48. The number of carbonyl (C=O) groups is 15. The summed E-state index contributed by atoms with van der Waals surface area (Å²) in [7, 11) is 0. The van der Waals surface area contributed by atoms with Gasteiger partial charge >= 0.3 is 18.6 Å². The number of aldehydes is 5. The molecule has 0 rings (SSSR count). The summed E-state index contributed by atoms with van der Waals surface area (Å²) in [5, 5.41) is 46.2. The van der Waals surface area contributed by atoms with E-state index in [9.17, 15) is 97.5 Å². The molecule has 0 aliphatic heterocycles. The minimum absolute atomic E-state index is 0. The van der Waals surface area contributed by atoms with Crippen molar-refractivity contribution >= 4 is 90.2 Å². The smallest absolute Gasteiger partial charge is 0.541 e. The van der Waals surface area contributed by atoms with Gasteiger partial charge in [-0.05, 0) is 0 Å². The molecule has 0 atom stereocenters. The third kappa shape index (κ3) is 36.0. The fraction of sp³-hybridized carbons (Fsp3) is 0. The molecule has 0 unspecified atom stereocenters. The summed E-state index contributed by atoms with van der Waals surface area (Å²) in [6.45, 7) is 0. The minimum Gasteiger partial charge on any atom is -0.541 e. The Labute approximate surface area is 206 Å². The van der Waals surface area contributed by atoms with Crippen molar-refractivity contribution in [2.24, 2.45) is 0 Å². The predicted molar refractivity (Wildman–Crippen MR) is 80.4 cm³/mol. The number of Topliss-reactive ketones (excluding diaryl/α,β-unsaturated/α-hetero) is 5. The van der Waals surface area contributed by atoms with E-state index in [1.54, 1.807) is 0 Å². The van der Waals surface area contributed by atoms with Gasteiger partial charge in [-0.3, -0.25) is 47.9 Å². The van der Waals surface area contributed by atoms with Gasteiger partial charge < -0.3 is 49.5 Å². The van der Waals surface area contributed by atoms with Gasteiger partial charge in [0.05, 0.1) is 0 Å². The molecular formula is C15H5O20V. The largest absolute Gasteiger partial charge is 5.00 e. The molecule has 0 fully saturated rings. The van der Waals surface area contributed by atoms with Gasteiger partial charge in [0.15, 0.2) is 31.4 Å². The van der Waals surface area contributed by atoms with Crippen LogP contribution in [0.25, 0.3) is 0 Å². The van der Waals surface area contributed by atoms with E-state index >= 15 is 0 Å². The van der Waals surface area contributed by atoms with Crippen LogP contribution in [0, 0.1) is 0 Å². The number of carboxylic acid groups (broad SMARTS) is 5. The topological polar surface area (TPSA) is 371 Å². The first-order valence-corrected chi connectivity index (χ1v) is 6.93. The zero-order chi connectivity index (χ0) is 29.3. The molecule has 0 N–H and O–H groups in total. The number of carbonyl (C=O) groups excluding carboxylic acids is 15. The van der Waals surface area contributed by atoms with Gasteiger partial charge in [0.25, 0.3) is 0 Å². The SMILES string of the molecule is O=CC(=O)C(=O)[O-].O=CC(=O)C(=O)[O-].O=CC(=O)C(=O)[O-].O=CC(=O)C(=O)[O-].O=CC(=O)C(=O)[O-].[V+5]. The third-order valence-corrected chi connectivity index (χ3v) is 1.54. The molecule has 0 amide bonds. The van der Waals surface area contributed by atoms with E-state index in [4.69, 9.17) is 0 Å². The van der Waals surface area contributed by atoms with Crippen molar-refractivity contribution in [3.8, 4) is 0 Å². The van der Waals surface area contributed by atoms with E-state index in [1.165, 1.54) is 0 Å². The molecule has 21 heteroatoms. The molecule has 0 saturated carbocycles. The summed E-state index contributed by atoms with van der Waals surface area (Å²) in [6, 6.07) is 0. The van der Waals surface area contributed by atoms with Gasteiger partial charge in [-0.1, -0.05) is 0 Å². The van der Waals surface area contributed by atoms with Crippen molar-refractivity contribution in [2.75, 3.05) is 0 Å². The molecule has 0 spiro atoms. The molecular weight excluding hydrogens is 551 g/mol. The van der Waals surface area contributed by atoms with E-state index in [1.807, 2.05) is 0 Å². The van der Waals surface area contributed by atoms with Crippen LogP contribution in [-0.2, 0) is 90.5 Å². The molecule has 0 aromatic carbocycles. The Morgan fingerprint density at radius 1 is 0.306 bits per heavy atom. The third-order valence-electron chi connectivity index (χ3n) is 1.54. The monoisotopic (exact) mass is 556 g/mol. The Balaban J connectivity index is -0.0000000776. The average molecular weight is 556 g/mol. The molecule has 36 heavy (non-hydrogen) atoms. The van der Waals surface area contributed by atoms with Crippen LogP contribution in [0.4, 0.5) is 0 Å². The van der Waals surface area contributed by atoms with E-state index in [-0.39, 0.29) is 50.0 Å². The average Bonchev–Trinajstić information content (AvgIpc) is 2.82. The first-order chi connectivity index (χ1) is 15.9. The zero-order valence-electron chi connectivity index (χ0n) is 16.5. The molecule has 0 aromatic rings. The summed E-state index contributed by atoms with van der Waals surface area (Å²) < 4.78 is 0. The van der Waals surface area contributed by atoms with Crippen LogP contribution in [0.5, 0.6) is 0 Å². The maximum Gasteiger partial charge on any atom is 5.00 e. The Bertz CT molecular complexity index is 751. The van der Waals surface area contributed by atoms with Crippen LogP contribution in [0.3, 0.4) is 0 Å². The van der Waals surface area contributed by atoms with Crippen molar-refractivity contribution in [3.05, 3.63) is 0 Å². The summed E-state index contributed by atoms with van der Waals surface area (Å²) in [5.41, 5.74) is 0. The Morgan fingerprint density at radius 3 is 0.389 bits per heavy atom. The van der Waals surface area contributed by atoms with E-state index in [0.717, 1.165) is 0 Å². The number of ketones is 5. The fourth-order valence-electron chi connectivity index (χ4n) is 0.241. The van der Waals surface area contributed by atoms with Crippen LogP contribution in [0.15, 0.2) is 0 Å². The minimum atomic E-state index is -1.96. The van der Waals surface area contributed by atoms with Gasteiger partial charge in [-0.15, -0.1) is 0 Å². The van der Waals surface area contributed by atoms with Crippen LogP contribution < -0.4 is 25.5 Å². The Kier molecular flexibility index (Phi) is 34.1. The van der Waals surface area contributed by atoms with Crippen molar-refractivity contribution in [2.45, 2.75) is 0 Å². The molecule has 0 heterocycles. The van der Waals surface area contributed by atoms with Crippen molar-refractivity contribution in [1.82, 2.24) is 0 Å². The molecule has 190 valence electrons. The first-order valence-electron chi connectivity index (χ1n) is 6.93. The first kappa shape index (κ1) is 44.3. The quantitative estimate of drug-likeness (QED) is 0.137. The summed E-state index contributed by atoms with van der Waals surface area (Å²) in [5.74, 6) is -17.5. The second-order valence-corrected chi connectivity index (χ2v) is 3.85. The number of carboxylic acids is 5. The van der Waals surface area contributed by atoms with Crippen LogP contribution in [-0.4, -0.2) is 90.2 Å². The molecule has 0 aliphatic carbocycles. The second kappa shape index (κ2) is 27.7. The van der Waals surface area contributed by atoms with Crippen LogP contribution in [0.1, 0.15) is 0 Å². The molecule has 0 radical (unpaired) electrons. The maximum absolute atomic E-state index is 9.48.